The molecule has 20 heavy (non-hydrogen) atoms. The summed E-state index contributed by atoms with van der Waals surface area (Å²) in [5.41, 5.74) is 1.46. The first-order valence-electron chi connectivity index (χ1n) is 7.04. The van der Waals surface area contributed by atoms with Crippen LogP contribution in [-0.2, 0) is 11.3 Å². The third-order valence-electron chi connectivity index (χ3n) is 3.80. The molecule has 1 aromatic rings. The molecule has 110 valence electrons. The Labute approximate surface area is 124 Å². The minimum Gasteiger partial charge on any atom is -0.465 e. The van der Waals surface area contributed by atoms with E-state index in [4.69, 9.17) is 0 Å². The molecule has 1 N–H and O–H groups in total. The van der Waals surface area contributed by atoms with Crippen molar-refractivity contribution in [3.8, 4) is 0 Å². The fourth-order valence-corrected chi connectivity index (χ4v) is 3.58. The van der Waals surface area contributed by atoms with Crippen LogP contribution in [0.3, 0.4) is 0 Å². The number of aromatic nitrogens is 1. The highest BCUT2D eigenvalue weighted by Crippen LogP contribution is 2.27. The van der Waals surface area contributed by atoms with E-state index < -0.39 is 0 Å². The van der Waals surface area contributed by atoms with Crippen LogP contribution in [0.15, 0.2) is 18.3 Å². The number of hydrogen-bond donors (Lipinski definition) is 1. The number of thioether (sulfide) groups is 1. The lowest BCUT2D eigenvalue weighted by Crippen LogP contribution is -2.40. The fraction of sp³-hybridized carbons (Fsp3) is 0.600. The number of nitrogens with one attached hydrogen (secondary N) is 1. The lowest BCUT2D eigenvalue weighted by atomic mass is 9.95. The quantitative estimate of drug-likeness (QED) is 0.846. The molecule has 2 unspecified atom stereocenters. The summed E-state index contributed by atoms with van der Waals surface area (Å²) in [4.78, 5) is 15.6. The maximum absolute atomic E-state index is 11.3. The van der Waals surface area contributed by atoms with Gasteiger partial charge in [-0.15, -0.1) is 0 Å². The van der Waals surface area contributed by atoms with Gasteiger partial charge in [0.05, 0.1) is 18.4 Å². The Morgan fingerprint density at radius 1 is 1.45 bits per heavy atom. The number of hydrogen-bond acceptors (Lipinski definition) is 5. The molecule has 0 aromatic carbocycles. The summed E-state index contributed by atoms with van der Waals surface area (Å²) in [6.07, 6.45) is 8.96. The summed E-state index contributed by atoms with van der Waals surface area (Å²) >= 11 is 1.95. The molecule has 2 rings (SSSR count). The van der Waals surface area contributed by atoms with Crippen molar-refractivity contribution in [1.82, 2.24) is 10.3 Å². The Morgan fingerprint density at radius 2 is 2.25 bits per heavy atom. The van der Waals surface area contributed by atoms with E-state index in [0.717, 1.165) is 12.2 Å². The van der Waals surface area contributed by atoms with Gasteiger partial charge in [-0.2, -0.15) is 11.8 Å². The SMILES string of the molecule is COC(=O)c1ccc(CNC2CCCCC2SC)nc1. The summed E-state index contributed by atoms with van der Waals surface area (Å²) < 4.78 is 4.66. The van der Waals surface area contributed by atoms with Gasteiger partial charge in [0.25, 0.3) is 0 Å². The van der Waals surface area contributed by atoms with Gasteiger partial charge < -0.3 is 10.1 Å². The van der Waals surface area contributed by atoms with Crippen LogP contribution in [0, 0.1) is 0 Å². The third kappa shape index (κ3) is 3.96. The molecule has 1 fully saturated rings. The van der Waals surface area contributed by atoms with E-state index in [0.29, 0.717) is 16.9 Å². The lowest BCUT2D eigenvalue weighted by molar-refractivity contribution is 0.0600. The number of methoxy groups -OCH3 is 1. The van der Waals surface area contributed by atoms with E-state index in [1.54, 1.807) is 12.3 Å². The molecular formula is C15H22N2O2S. The highest BCUT2D eigenvalue weighted by Gasteiger charge is 2.23. The van der Waals surface area contributed by atoms with Crippen LogP contribution in [0.2, 0.25) is 0 Å². The number of rotatable bonds is 5. The van der Waals surface area contributed by atoms with Gasteiger partial charge in [-0.05, 0) is 31.2 Å². The molecule has 5 heteroatoms. The van der Waals surface area contributed by atoms with Crippen LogP contribution in [-0.4, -0.2) is 35.6 Å². The maximum Gasteiger partial charge on any atom is 0.339 e. The number of carbonyl (C=O) groups is 1. The summed E-state index contributed by atoms with van der Waals surface area (Å²) in [5, 5.41) is 4.31. The minimum atomic E-state index is -0.341. The van der Waals surface area contributed by atoms with Gasteiger partial charge in [-0.25, -0.2) is 4.79 Å². The molecule has 1 aromatic heterocycles. The van der Waals surface area contributed by atoms with Gasteiger partial charge >= 0.3 is 5.97 Å². The van der Waals surface area contributed by atoms with Crippen molar-refractivity contribution in [3.05, 3.63) is 29.6 Å². The predicted molar refractivity (Wildman–Crippen MR) is 82.0 cm³/mol. The van der Waals surface area contributed by atoms with E-state index in [1.807, 2.05) is 17.8 Å². The Bertz CT molecular complexity index is 436. The van der Waals surface area contributed by atoms with Crippen LogP contribution < -0.4 is 5.32 Å². The zero-order chi connectivity index (χ0) is 14.4. The molecule has 1 aliphatic carbocycles. The van der Waals surface area contributed by atoms with Crippen LogP contribution >= 0.6 is 11.8 Å². The average molecular weight is 294 g/mol. The molecule has 0 saturated heterocycles. The molecule has 0 radical (unpaired) electrons. The predicted octanol–water partition coefficient (Wildman–Crippen LogP) is 2.63. The van der Waals surface area contributed by atoms with Crippen LogP contribution in [0.25, 0.3) is 0 Å². The maximum atomic E-state index is 11.3. The molecule has 2 atom stereocenters. The first-order chi connectivity index (χ1) is 9.74. The molecule has 1 aliphatic rings. The van der Waals surface area contributed by atoms with Gasteiger partial charge in [0.2, 0.25) is 0 Å². The first-order valence-corrected chi connectivity index (χ1v) is 8.33. The molecule has 0 bridgehead atoms. The van der Waals surface area contributed by atoms with Crippen molar-refractivity contribution < 1.29 is 9.53 Å². The molecule has 0 aliphatic heterocycles. The zero-order valence-corrected chi connectivity index (χ0v) is 12.9. The number of ether oxygens (including phenoxy) is 1. The zero-order valence-electron chi connectivity index (χ0n) is 12.1. The van der Waals surface area contributed by atoms with E-state index in [1.165, 1.54) is 32.8 Å². The Kier molecular flexibility index (Phi) is 5.86. The lowest BCUT2D eigenvalue weighted by Gasteiger charge is -2.31. The van der Waals surface area contributed by atoms with Crippen LogP contribution in [0.5, 0.6) is 0 Å². The van der Waals surface area contributed by atoms with Gasteiger partial charge in [-0.3, -0.25) is 4.98 Å². The summed E-state index contributed by atoms with van der Waals surface area (Å²) in [6.45, 7) is 0.753. The Morgan fingerprint density at radius 3 is 2.90 bits per heavy atom. The molecule has 1 saturated carbocycles. The number of esters is 1. The van der Waals surface area contributed by atoms with E-state index in [-0.39, 0.29) is 5.97 Å². The van der Waals surface area contributed by atoms with Gasteiger partial charge in [-0.1, -0.05) is 12.8 Å². The first kappa shape index (κ1) is 15.3. The fourth-order valence-electron chi connectivity index (χ4n) is 2.62. The summed E-state index contributed by atoms with van der Waals surface area (Å²) in [6, 6.07) is 4.22. The monoisotopic (exact) mass is 294 g/mol. The molecule has 0 spiro atoms. The highest BCUT2D eigenvalue weighted by atomic mass is 32.2. The molecule has 4 nitrogen and oxygen atoms in total. The number of nitrogens with zero attached hydrogens (tertiary/aromatic N) is 1. The largest absolute Gasteiger partial charge is 0.465 e. The second-order valence-corrected chi connectivity index (χ2v) is 6.15. The third-order valence-corrected chi connectivity index (χ3v) is 4.97. The van der Waals surface area contributed by atoms with Crippen molar-refractivity contribution in [3.63, 3.8) is 0 Å². The normalized spacial score (nSPS) is 22.5. The smallest absolute Gasteiger partial charge is 0.339 e. The summed E-state index contributed by atoms with van der Waals surface area (Å²) in [7, 11) is 1.38. The standard InChI is InChI=1S/C15H22N2O2S/c1-19-15(18)11-7-8-12(16-9-11)10-17-13-5-3-4-6-14(13)20-2/h7-9,13-14,17H,3-6,10H2,1-2H3. The molecule has 1 heterocycles. The topological polar surface area (TPSA) is 51.2 Å². The number of pyridine rings is 1. The minimum absolute atomic E-state index is 0.341. The van der Waals surface area contributed by atoms with Crippen LogP contribution in [0.1, 0.15) is 41.7 Å². The Balaban J connectivity index is 1.88. The van der Waals surface area contributed by atoms with Crippen molar-refractivity contribution in [2.75, 3.05) is 13.4 Å². The van der Waals surface area contributed by atoms with Gasteiger partial charge in [0.1, 0.15) is 0 Å². The summed E-state index contributed by atoms with van der Waals surface area (Å²) in [5.74, 6) is -0.341. The van der Waals surface area contributed by atoms with Crippen molar-refractivity contribution >= 4 is 17.7 Å². The van der Waals surface area contributed by atoms with Crippen molar-refractivity contribution in [2.24, 2.45) is 0 Å². The second-order valence-electron chi connectivity index (χ2n) is 5.08. The Hall–Kier alpha value is -1.07. The second kappa shape index (κ2) is 7.64. The van der Waals surface area contributed by atoms with Crippen LogP contribution in [0.4, 0.5) is 0 Å². The van der Waals surface area contributed by atoms with Gasteiger partial charge in [0, 0.05) is 24.0 Å². The number of carbonyl (C=O) groups excluding carboxylic acids is 1. The van der Waals surface area contributed by atoms with Crippen molar-refractivity contribution in [1.29, 1.82) is 0 Å². The van der Waals surface area contributed by atoms with Gasteiger partial charge in [0.15, 0.2) is 0 Å². The van der Waals surface area contributed by atoms with E-state index in [2.05, 4.69) is 21.3 Å². The van der Waals surface area contributed by atoms with Crippen molar-refractivity contribution in [2.45, 2.75) is 43.5 Å². The van der Waals surface area contributed by atoms with E-state index >= 15 is 0 Å². The molecular weight excluding hydrogens is 272 g/mol. The van der Waals surface area contributed by atoms with E-state index in [9.17, 15) is 4.79 Å². The highest BCUT2D eigenvalue weighted by molar-refractivity contribution is 7.99. The average Bonchev–Trinajstić information content (AvgIpc) is 2.53. The molecule has 0 amide bonds.